The third kappa shape index (κ3) is 5.16. The summed E-state index contributed by atoms with van der Waals surface area (Å²) < 4.78 is 0. The first-order valence-electron chi connectivity index (χ1n) is 6.23. The second-order valence-electron chi connectivity index (χ2n) is 4.02. The summed E-state index contributed by atoms with van der Waals surface area (Å²) >= 11 is 0. The van der Waals surface area contributed by atoms with Crippen LogP contribution in [-0.4, -0.2) is 19.1 Å². The Labute approximate surface area is 108 Å². The van der Waals surface area contributed by atoms with Gasteiger partial charge < -0.3 is 9.74 Å². The summed E-state index contributed by atoms with van der Waals surface area (Å²) in [5.41, 5.74) is 3.03. The van der Waals surface area contributed by atoms with Crippen LogP contribution in [0.5, 0.6) is 0 Å². The van der Waals surface area contributed by atoms with Crippen LogP contribution in [0.25, 0.3) is 0 Å². The van der Waals surface area contributed by atoms with Crippen LogP contribution in [0.2, 0.25) is 0 Å². The topological polar surface area (TPSA) is 67.6 Å². The van der Waals surface area contributed by atoms with Crippen LogP contribution < -0.4 is 16.3 Å². The Morgan fingerprint density at radius 2 is 2.06 bits per heavy atom. The van der Waals surface area contributed by atoms with E-state index in [1.165, 1.54) is 0 Å². The lowest BCUT2D eigenvalue weighted by atomic mass is 10.2. The first-order valence-corrected chi connectivity index (χ1v) is 6.23. The summed E-state index contributed by atoms with van der Waals surface area (Å²) in [6, 6.07) is 10.1. The van der Waals surface area contributed by atoms with E-state index in [9.17, 15) is 4.79 Å². The molecule has 0 aliphatic carbocycles. The minimum Gasteiger partial charge on any atom is -0.371 e. The van der Waals surface area contributed by atoms with Gasteiger partial charge in [-0.25, -0.2) is 5.84 Å². The molecule has 0 saturated carbocycles. The largest absolute Gasteiger partial charge is 0.371 e. The fourth-order valence-electron chi connectivity index (χ4n) is 1.70. The number of hydrazine groups is 1. The van der Waals surface area contributed by atoms with Crippen LogP contribution >= 0.6 is 0 Å². The second-order valence-corrected chi connectivity index (χ2v) is 4.02. The molecule has 0 aliphatic rings. The number of carbonyl (C=O) groups is 1. The van der Waals surface area contributed by atoms with E-state index in [1.807, 2.05) is 35.9 Å². The Bertz CT molecular complexity index is 343. The number of unbranched alkanes of at least 4 members (excludes halogenated alkanes) is 1. The van der Waals surface area contributed by atoms with Crippen LogP contribution in [0.15, 0.2) is 30.3 Å². The van der Waals surface area contributed by atoms with Crippen molar-refractivity contribution in [3.63, 3.8) is 0 Å². The maximum absolute atomic E-state index is 11.3. The van der Waals surface area contributed by atoms with Crippen molar-refractivity contribution in [3.8, 4) is 0 Å². The minimum atomic E-state index is -0.352. The van der Waals surface area contributed by atoms with Gasteiger partial charge in [0.1, 0.15) is 0 Å². The van der Waals surface area contributed by atoms with E-state index in [2.05, 4.69) is 16.7 Å². The normalized spacial score (nSPS) is 10.1. The van der Waals surface area contributed by atoms with Gasteiger partial charge in [-0.15, -0.1) is 0 Å². The van der Waals surface area contributed by atoms with Crippen molar-refractivity contribution in [2.75, 3.05) is 18.0 Å². The van der Waals surface area contributed by atoms with Crippen molar-refractivity contribution >= 4 is 11.7 Å². The molecule has 0 fully saturated rings. The molecule has 0 bridgehead atoms. The maximum Gasteiger partial charge on any atom is 0.328 e. The zero-order chi connectivity index (χ0) is 13.2. The summed E-state index contributed by atoms with van der Waals surface area (Å²) in [6.45, 7) is 3.71. The van der Waals surface area contributed by atoms with Crippen molar-refractivity contribution in [2.45, 2.75) is 26.2 Å². The first-order chi connectivity index (χ1) is 8.77. The predicted molar refractivity (Wildman–Crippen MR) is 71.6 cm³/mol. The van der Waals surface area contributed by atoms with E-state index in [4.69, 9.17) is 5.84 Å². The average molecular weight is 251 g/mol. The molecular weight excluding hydrogens is 230 g/mol. The molecule has 0 amide bonds. The van der Waals surface area contributed by atoms with E-state index < -0.39 is 0 Å². The number of anilines is 1. The summed E-state index contributed by atoms with van der Waals surface area (Å²) in [5, 5.41) is 0. The summed E-state index contributed by atoms with van der Waals surface area (Å²) in [6.07, 6.45) is 2.53. The van der Waals surface area contributed by atoms with Gasteiger partial charge in [-0.3, -0.25) is 4.79 Å². The van der Waals surface area contributed by atoms with E-state index in [1.54, 1.807) is 0 Å². The van der Waals surface area contributed by atoms with Gasteiger partial charge in [-0.2, -0.15) is 0 Å². The molecule has 0 spiro atoms. The van der Waals surface area contributed by atoms with Gasteiger partial charge in [0.15, 0.2) is 0 Å². The van der Waals surface area contributed by atoms with Crippen molar-refractivity contribution in [1.82, 2.24) is 5.59 Å². The number of hydrogen-bond acceptors (Lipinski definition) is 5. The number of benzene rings is 1. The second kappa shape index (κ2) is 8.49. The smallest absolute Gasteiger partial charge is 0.328 e. The highest BCUT2D eigenvalue weighted by Gasteiger charge is 2.09. The molecule has 1 aromatic carbocycles. The number of para-hydroxylation sites is 1. The molecule has 1 aromatic rings. The zero-order valence-electron chi connectivity index (χ0n) is 10.8. The number of nitrogens with two attached hydrogens (primary N) is 1. The average Bonchev–Trinajstić information content (AvgIpc) is 2.40. The molecule has 1 rings (SSSR count). The van der Waals surface area contributed by atoms with E-state index in [0.717, 1.165) is 25.1 Å². The molecular formula is C13H21N3O2. The van der Waals surface area contributed by atoms with Crippen LogP contribution in [0, 0.1) is 0 Å². The third-order valence-corrected chi connectivity index (χ3v) is 2.66. The fourth-order valence-corrected chi connectivity index (χ4v) is 1.70. The zero-order valence-corrected chi connectivity index (χ0v) is 10.8. The summed E-state index contributed by atoms with van der Waals surface area (Å²) in [7, 11) is 0. The number of rotatable bonds is 8. The maximum atomic E-state index is 11.3. The molecule has 100 valence electrons. The molecule has 18 heavy (non-hydrogen) atoms. The number of hydrogen-bond donors (Lipinski definition) is 2. The molecule has 5 nitrogen and oxygen atoms in total. The Hall–Kier alpha value is -1.59. The number of nitrogens with zero attached hydrogens (tertiary/aromatic N) is 1. The highest BCUT2D eigenvalue weighted by atomic mass is 16.7. The summed E-state index contributed by atoms with van der Waals surface area (Å²) in [5.74, 6) is 4.57. The molecule has 0 heterocycles. The predicted octanol–water partition coefficient (Wildman–Crippen LogP) is 1.60. The molecule has 0 aromatic heterocycles. The van der Waals surface area contributed by atoms with Crippen molar-refractivity contribution in [2.24, 2.45) is 5.84 Å². The van der Waals surface area contributed by atoms with Gasteiger partial charge in [-0.1, -0.05) is 37.1 Å². The van der Waals surface area contributed by atoms with Crippen molar-refractivity contribution in [1.29, 1.82) is 0 Å². The molecule has 0 radical (unpaired) electrons. The lowest BCUT2D eigenvalue weighted by Gasteiger charge is -2.24. The molecule has 0 unspecified atom stereocenters. The number of carbonyl (C=O) groups excluding carboxylic acids is 1. The van der Waals surface area contributed by atoms with E-state index >= 15 is 0 Å². The van der Waals surface area contributed by atoms with Crippen LogP contribution in [-0.2, 0) is 9.63 Å². The number of nitrogens with one attached hydrogen (secondary N) is 1. The molecule has 0 saturated heterocycles. The lowest BCUT2D eigenvalue weighted by molar-refractivity contribution is -0.151. The molecule has 0 aliphatic heterocycles. The van der Waals surface area contributed by atoms with Gasteiger partial charge in [0.25, 0.3) is 0 Å². The highest BCUT2D eigenvalue weighted by molar-refractivity contribution is 5.69. The van der Waals surface area contributed by atoms with Gasteiger partial charge in [-0.05, 0) is 18.6 Å². The molecule has 3 N–H and O–H groups in total. The Morgan fingerprint density at radius 3 is 2.67 bits per heavy atom. The highest BCUT2D eigenvalue weighted by Crippen LogP contribution is 2.14. The first kappa shape index (κ1) is 14.5. The Morgan fingerprint density at radius 1 is 1.33 bits per heavy atom. The van der Waals surface area contributed by atoms with Crippen molar-refractivity contribution < 1.29 is 9.63 Å². The standard InChI is InChI=1S/C13H21N3O2/c1-2-3-10-16(11-9-13(17)18-15-14)12-7-5-4-6-8-12/h4-8,15H,2-3,9-11,14H2,1H3. The molecule has 5 heteroatoms. The van der Waals surface area contributed by atoms with Crippen LogP contribution in [0.3, 0.4) is 0 Å². The minimum absolute atomic E-state index is 0.308. The monoisotopic (exact) mass is 251 g/mol. The van der Waals surface area contributed by atoms with Gasteiger partial charge >= 0.3 is 5.97 Å². The Balaban J connectivity index is 2.53. The van der Waals surface area contributed by atoms with Gasteiger partial charge in [0.05, 0.1) is 6.42 Å². The SMILES string of the molecule is CCCCN(CCC(=O)ONN)c1ccccc1. The lowest BCUT2D eigenvalue weighted by Crippen LogP contribution is -2.31. The third-order valence-electron chi connectivity index (χ3n) is 2.66. The quantitative estimate of drug-likeness (QED) is 0.542. The van der Waals surface area contributed by atoms with Gasteiger partial charge in [0, 0.05) is 18.8 Å². The Kier molecular flexibility index (Phi) is 6.83. The van der Waals surface area contributed by atoms with Gasteiger partial charge in [0.2, 0.25) is 0 Å². The van der Waals surface area contributed by atoms with E-state index in [-0.39, 0.29) is 5.97 Å². The summed E-state index contributed by atoms with van der Waals surface area (Å²) in [4.78, 5) is 17.9. The van der Waals surface area contributed by atoms with Crippen molar-refractivity contribution in [3.05, 3.63) is 30.3 Å². The molecule has 0 atom stereocenters. The fraction of sp³-hybridized carbons (Fsp3) is 0.462. The van der Waals surface area contributed by atoms with Crippen LogP contribution in [0.4, 0.5) is 5.69 Å². The van der Waals surface area contributed by atoms with Crippen LogP contribution in [0.1, 0.15) is 26.2 Å². The van der Waals surface area contributed by atoms with E-state index in [0.29, 0.717) is 13.0 Å².